The summed E-state index contributed by atoms with van der Waals surface area (Å²) >= 11 is 12.3. The fraction of sp³-hybridized carbons (Fsp3) is 0.200. The van der Waals surface area contributed by atoms with Gasteiger partial charge >= 0.3 is 6.03 Å². The molecule has 0 saturated carbocycles. The minimum absolute atomic E-state index is 0.0571. The van der Waals surface area contributed by atoms with Gasteiger partial charge in [0.2, 0.25) is 0 Å². The number of hydrogen-bond acceptors (Lipinski definition) is 7. The number of hydrogen-bond donors (Lipinski definition) is 2. The fourth-order valence-electron chi connectivity index (χ4n) is 4.19. The first-order valence-corrected chi connectivity index (χ1v) is 14.8. The minimum atomic E-state index is -4.21. The van der Waals surface area contributed by atoms with E-state index < -0.39 is 28.4 Å². The molecule has 1 aromatic carbocycles. The second-order valence-corrected chi connectivity index (χ2v) is 12.6. The van der Waals surface area contributed by atoms with Gasteiger partial charge in [0.05, 0.1) is 30.0 Å². The van der Waals surface area contributed by atoms with E-state index in [4.69, 9.17) is 23.2 Å². The fourth-order valence-corrected chi connectivity index (χ4v) is 7.00. The number of nitrogens with one attached hydrogen (secondary N) is 2. The summed E-state index contributed by atoms with van der Waals surface area (Å²) in [5.74, 6) is 0.0215. The van der Waals surface area contributed by atoms with Crippen LogP contribution < -0.4 is 10.0 Å². The number of carbonyl (C=O) groups excluding carboxylic acids is 1. The van der Waals surface area contributed by atoms with Crippen molar-refractivity contribution in [3.63, 3.8) is 0 Å². The SMILES string of the molecule is O=C(NCC(F)=C1CCCc2cnn(Cc3cnc(-c4ccccc4)nc3)c21)NS(=O)(=O)c1cc(Cl)c(Cl)s1. The maximum absolute atomic E-state index is 15.4. The molecule has 3 aromatic heterocycles. The third-order valence-corrected chi connectivity index (χ3v) is 9.66. The molecule has 202 valence electrons. The number of fused-ring (bicyclic) bond motifs is 1. The Morgan fingerprint density at radius 1 is 1.10 bits per heavy atom. The topological polar surface area (TPSA) is 119 Å². The molecule has 0 spiro atoms. The molecule has 1 aliphatic rings. The number of aryl methyl sites for hydroxylation is 1. The maximum Gasteiger partial charge on any atom is 0.329 e. The zero-order valence-corrected chi connectivity index (χ0v) is 23.3. The van der Waals surface area contributed by atoms with Gasteiger partial charge < -0.3 is 5.32 Å². The number of sulfonamides is 1. The Hall–Kier alpha value is -3.32. The molecule has 1 aliphatic carbocycles. The predicted molar refractivity (Wildman–Crippen MR) is 148 cm³/mol. The van der Waals surface area contributed by atoms with E-state index in [9.17, 15) is 13.2 Å². The van der Waals surface area contributed by atoms with E-state index in [-0.39, 0.29) is 13.6 Å². The molecular weight excluding hydrogens is 586 g/mol. The molecule has 9 nitrogen and oxygen atoms in total. The number of carbonyl (C=O) groups is 1. The van der Waals surface area contributed by atoms with Crippen molar-refractivity contribution in [3.05, 3.63) is 87.0 Å². The molecule has 0 radical (unpaired) electrons. The highest BCUT2D eigenvalue weighted by Gasteiger charge is 2.25. The largest absolute Gasteiger partial charge is 0.331 e. The number of nitrogens with zero attached hydrogens (tertiary/aromatic N) is 4. The van der Waals surface area contributed by atoms with Crippen molar-refractivity contribution < 1.29 is 17.6 Å². The highest BCUT2D eigenvalue weighted by Crippen LogP contribution is 2.35. The van der Waals surface area contributed by atoms with Gasteiger partial charge in [0, 0.05) is 29.1 Å². The lowest BCUT2D eigenvalue weighted by Gasteiger charge is -2.19. The van der Waals surface area contributed by atoms with Gasteiger partial charge in [0.25, 0.3) is 10.0 Å². The van der Waals surface area contributed by atoms with E-state index in [0.29, 0.717) is 41.4 Å². The molecule has 0 fully saturated rings. The number of halogens is 3. The number of aromatic nitrogens is 4. The first kappa shape index (κ1) is 27.3. The molecule has 0 aliphatic heterocycles. The van der Waals surface area contributed by atoms with Crippen LogP contribution >= 0.6 is 34.5 Å². The number of amides is 2. The Bertz CT molecular complexity index is 1640. The third-order valence-electron chi connectivity index (χ3n) is 5.99. The highest BCUT2D eigenvalue weighted by atomic mass is 35.5. The first-order chi connectivity index (χ1) is 18.7. The molecule has 39 heavy (non-hydrogen) atoms. The molecule has 2 N–H and O–H groups in total. The number of rotatable bonds is 7. The molecule has 3 heterocycles. The van der Waals surface area contributed by atoms with Gasteiger partial charge in [-0.15, -0.1) is 11.3 Å². The van der Waals surface area contributed by atoms with Gasteiger partial charge in [-0.3, -0.25) is 4.68 Å². The van der Waals surface area contributed by atoms with E-state index in [1.54, 1.807) is 23.3 Å². The van der Waals surface area contributed by atoms with Crippen molar-refractivity contribution in [3.8, 4) is 11.4 Å². The van der Waals surface area contributed by atoms with Gasteiger partial charge in [-0.1, -0.05) is 53.5 Å². The van der Waals surface area contributed by atoms with E-state index in [2.05, 4.69) is 20.4 Å². The predicted octanol–water partition coefficient (Wildman–Crippen LogP) is 5.46. The normalized spacial score (nSPS) is 14.5. The molecule has 2 amide bonds. The van der Waals surface area contributed by atoms with Crippen LogP contribution in [-0.4, -0.2) is 40.7 Å². The van der Waals surface area contributed by atoms with Crippen molar-refractivity contribution in [2.24, 2.45) is 0 Å². The van der Waals surface area contributed by atoms with Crippen molar-refractivity contribution in [2.75, 3.05) is 6.54 Å². The van der Waals surface area contributed by atoms with Crippen LogP contribution in [0.25, 0.3) is 17.0 Å². The standard InChI is InChI=1S/C25H21Cl2FN6O3S2/c26-19-9-21(38-23(19)27)39(36,37)33-25(35)31-13-20(28)18-8-4-7-17-12-32-34(22(17)18)14-15-10-29-24(30-11-15)16-5-2-1-3-6-16/h1-3,5-6,9-12H,4,7-8,13-14H2,(H2,31,33,35). The molecule has 4 aromatic rings. The van der Waals surface area contributed by atoms with Gasteiger partial charge in [-0.05, 0) is 30.9 Å². The van der Waals surface area contributed by atoms with Crippen LogP contribution in [0.2, 0.25) is 9.36 Å². The Balaban J connectivity index is 1.29. The van der Waals surface area contributed by atoms with E-state index >= 15 is 4.39 Å². The summed E-state index contributed by atoms with van der Waals surface area (Å²) in [4.78, 5) is 21.2. The Morgan fingerprint density at radius 3 is 2.54 bits per heavy atom. The quantitative estimate of drug-likeness (QED) is 0.288. The van der Waals surface area contributed by atoms with Crippen LogP contribution in [0.4, 0.5) is 9.18 Å². The van der Waals surface area contributed by atoms with Crippen molar-refractivity contribution in [1.82, 2.24) is 29.8 Å². The number of benzene rings is 1. The van der Waals surface area contributed by atoms with Crippen LogP contribution in [0.3, 0.4) is 0 Å². The summed E-state index contributed by atoms with van der Waals surface area (Å²) in [6.07, 6.45) is 7.05. The maximum atomic E-state index is 15.4. The smallest absolute Gasteiger partial charge is 0.329 e. The summed E-state index contributed by atoms with van der Waals surface area (Å²) in [6.45, 7) is -0.165. The summed E-state index contributed by atoms with van der Waals surface area (Å²) in [7, 11) is -4.21. The van der Waals surface area contributed by atoms with Crippen molar-refractivity contribution in [1.29, 1.82) is 0 Å². The van der Waals surface area contributed by atoms with Crippen molar-refractivity contribution >= 4 is 56.2 Å². The molecule has 0 atom stereocenters. The van der Waals surface area contributed by atoms with Crippen LogP contribution in [0.15, 0.2) is 65.0 Å². The third kappa shape index (κ3) is 6.14. The van der Waals surface area contributed by atoms with Gasteiger partial charge in [-0.2, -0.15) is 5.10 Å². The molecular formula is C25H21Cl2FN6O3S2. The van der Waals surface area contributed by atoms with E-state index in [1.807, 2.05) is 35.1 Å². The monoisotopic (exact) mass is 606 g/mol. The summed E-state index contributed by atoms with van der Waals surface area (Å²) < 4.78 is 43.5. The van der Waals surface area contributed by atoms with Gasteiger partial charge in [0.15, 0.2) is 5.82 Å². The number of urea groups is 1. The molecule has 0 unspecified atom stereocenters. The molecule has 5 rings (SSSR count). The molecule has 0 saturated heterocycles. The summed E-state index contributed by atoms with van der Waals surface area (Å²) in [5.41, 5.74) is 3.65. The molecule has 0 bridgehead atoms. The van der Waals surface area contributed by atoms with E-state index in [1.165, 1.54) is 0 Å². The second-order valence-electron chi connectivity index (χ2n) is 8.67. The lowest BCUT2D eigenvalue weighted by Crippen LogP contribution is -2.39. The van der Waals surface area contributed by atoms with Gasteiger partial charge in [0.1, 0.15) is 14.4 Å². The Kier molecular flexibility index (Phi) is 7.98. The summed E-state index contributed by atoms with van der Waals surface area (Å²) in [5, 5.41) is 6.78. The average molecular weight is 608 g/mol. The number of thiophene rings is 1. The Morgan fingerprint density at radius 2 is 1.85 bits per heavy atom. The van der Waals surface area contributed by atoms with Crippen LogP contribution in [-0.2, 0) is 23.0 Å². The lowest BCUT2D eigenvalue weighted by molar-refractivity contribution is 0.246. The average Bonchev–Trinajstić information content (AvgIpc) is 3.50. The Labute approximate surface area is 237 Å². The van der Waals surface area contributed by atoms with Crippen molar-refractivity contribution in [2.45, 2.75) is 30.0 Å². The van der Waals surface area contributed by atoms with Gasteiger partial charge in [-0.25, -0.2) is 32.3 Å². The highest BCUT2D eigenvalue weighted by molar-refractivity contribution is 7.92. The van der Waals surface area contributed by atoms with Crippen LogP contribution in [0, 0.1) is 0 Å². The lowest BCUT2D eigenvalue weighted by atomic mass is 9.92. The number of allylic oxidation sites excluding steroid dienone is 1. The zero-order chi connectivity index (χ0) is 27.6. The minimum Gasteiger partial charge on any atom is -0.331 e. The molecule has 14 heteroatoms. The second kappa shape index (κ2) is 11.4. The summed E-state index contributed by atoms with van der Waals surface area (Å²) in [6, 6.07) is 9.66. The van der Waals surface area contributed by atoms with E-state index in [0.717, 1.165) is 35.6 Å². The zero-order valence-electron chi connectivity index (χ0n) is 20.2. The first-order valence-electron chi connectivity index (χ1n) is 11.8. The van der Waals surface area contributed by atoms with Crippen LogP contribution in [0.5, 0.6) is 0 Å². The van der Waals surface area contributed by atoms with Crippen LogP contribution in [0.1, 0.15) is 29.7 Å².